The summed E-state index contributed by atoms with van der Waals surface area (Å²) in [5.74, 6) is -0.564. The Kier molecular flexibility index (Phi) is 3.90. The summed E-state index contributed by atoms with van der Waals surface area (Å²) in [5.41, 5.74) is 1.80. The lowest BCUT2D eigenvalue weighted by molar-refractivity contribution is -0.145. The van der Waals surface area contributed by atoms with Gasteiger partial charge in [-0.15, -0.1) is 0 Å². The molecule has 0 aromatic heterocycles. The first-order valence-corrected chi connectivity index (χ1v) is 7.42. The van der Waals surface area contributed by atoms with Crippen LogP contribution in [0.1, 0.15) is 48.8 Å². The van der Waals surface area contributed by atoms with Crippen molar-refractivity contribution in [3.8, 4) is 5.75 Å². The van der Waals surface area contributed by atoms with Crippen LogP contribution in [0.4, 0.5) is 0 Å². The molecule has 0 spiro atoms. The van der Waals surface area contributed by atoms with Crippen LogP contribution in [0.15, 0.2) is 10.5 Å². The van der Waals surface area contributed by atoms with E-state index in [1.165, 1.54) is 0 Å². The summed E-state index contributed by atoms with van der Waals surface area (Å²) in [6, 6.07) is 1.66. The number of rotatable bonds is 2. The van der Waals surface area contributed by atoms with Crippen molar-refractivity contribution >= 4 is 21.9 Å². The topological polar surface area (TPSA) is 57.5 Å². The van der Waals surface area contributed by atoms with Gasteiger partial charge in [0.1, 0.15) is 5.75 Å². The monoisotopic (exact) mass is 326 g/mol. The van der Waals surface area contributed by atoms with E-state index in [-0.39, 0.29) is 5.75 Å². The van der Waals surface area contributed by atoms with Gasteiger partial charge in [0.2, 0.25) is 0 Å². The third-order valence-corrected chi connectivity index (χ3v) is 5.27. The molecule has 0 aliphatic heterocycles. The number of carboxylic acids is 1. The zero-order valence-corrected chi connectivity index (χ0v) is 12.9. The van der Waals surface area contributed by atoms with E-state index in [0.717, 1.165) is 36.0 Å². The van der Waals surface area contributed by atoms with E-state index < -0.39 is 11.4 Å². The molecule has 0 radical (unpaired) electrons. The normalized spacial score (nSPS) is 18.3. The highest BCUT2D eigenvalue weighted by atomic mass is 79.9. The van der Waals surface area contributed by atoms with E-state index in [9.17, 15) is 15.0 Å². The molecule has 0 bridgehead atoms. The Morgan fingerprint density at radius 2 is 1.84 bits per heavy atom. The van der Waals surface area contributed by atoms with Gasteiger partial charge in [-0.05, 0) is 65.4 Å². The van der Waals surface area contributed by atoms with Crippen LogP contribution < -0.4 is 0 Å². The lowest BCUT2D eigenvalue weighted by Gasteiger charge is -2.36. The van der Waals surface area contributed by atoms with E-state index in [2.05, 4.69) is 15.9 Å². The van der Waals surface area contributed by atoms with Gasteiger partial charge >= 0.3 is 5.97 Å². The molecule has 2 rings (SSSR count). The molecule has 0 heterocycles. The number of carbonyl (C=O) groups is 1. The maximum absolute atomic E-state index is 11.9. The average Bonchev–Trinajstić information content (AvgIpc) is 2.37. The second kappa shape index (κ2) is 5.16. The molecule has 1 aliphatic rings. The molecule has 104 valence electrons. The Hall–Kier alpha value is -1.03. The average molecular weight is 327 g/mol. The summed E-state index contributed by atoms with van der Waals surface area (Å²) in [6.45, 7) is 3.76. The molecule has 0 amide bonds. The SMILES string of the molecule is Cc1cc(O)c(Br)c(C)c1C1(C(=O)O)CCCCC1. The summed E-state index contributed by atoms with van der Waals surface area (Å²) < 4.78 is 0.610. The van der Waals surface area contributed by atoms with E-state index >= 15 is 0 Å². The van der Waals surface area contributed by atoms with Crippen LogP contribution in [0.25, 0.3) is 0 Å². The van der Waals surface area contributed by atoms with Gasteiger partial charge in [0.25, 0.3) is 0 Å². The van der Waals surface area contributed by atoms with Gasteiger partial charge in [-0.3, -0.25) is 4.79 Å². The zero-order valence-electron chi connectivity index (χ0n) is 11.3. The van der Waals surface area contributed by atoms with Crippen LogP contribution in [0.2, 0.25) is 0 Å². The number of aliphatic carboxylic acids is 1. The lowest BCUT2D eigenvalue weighted by atomic mass is 9.67. The van der Waals surface area contributed by atoms with Crippen molar-refractivity contribution in [2.24, 2.45) is 0 Å². The molecule has 0 unspecified atom stereocenters. The van der Waals surface area contributed by atoms with E-state index in [1.807, 2.05) is 13.8 Å². The summed E-state index contributed by atoms with van der Waals surface area (Å²) >= 11 is 3.36. The Balaban J connectivity index is 2.67. The van der Waals surface area contributed by atoms with Crippen molar-refractivity contribution < 1.29 is 15.0 Å². The van der Waals surface area contributed by atoms with Gasteiger partial charge in [0, 0.05) is 0 Å². The molecule has 1 aliphatic carbocycles. The minimum Gasteiger partial charge on any atom is -0.507 e. The van der Waals surface area contributed by atoms with Crippen molar-refractivity contribution in [3.05, 3.63) is 27.2 Å². The van der Waals surface area contributed by atoms with Gasteiger partial charge in [0.05, 0.1) is 9.89 Å². The third kappa shape index (κ3) is 2.27. The van der Waals surface area contributed by atoms with E-state index in [1.54, 1.807) is 6.07 Å². The molecule has 0 atom stereocenters. The fraction of sp³-hybridized carbons (Fsp3) is 0.533. The second-order valence-corrected chi connectivity index (χ2v) is 6.27. The van der Waals surface area contributed by atoms with Gasteiger partial charge in [0.15, 0.2) is 0 Å². The standard InChI is InChI=1S/C15H19BrO3/c1-9-8-11(17)13(16)10(2)12(9)15(14(18)19)6-4-3-5-7-15/h8,17H,3-7H2,1-2H3,(H,18,19). The van der Waals surface area contributed by atoms with Gasteiger partial charge < -0.3 is 10.2 Å². The number of hydrogen-bond donors (Lipinski definition) is 2. The first-order chi connectivity index (χ1) is 8.90. The first kappa shape index (κ1) is 14.4. The molecule has 2 N–H and O–H groups in total. The van der Waals surface area contributed by atoms with Gasteiger partial charge in [-0.2, -0.15) is 0 Å². The Morgan fingerprint density at radius 3 is 2.37 bits per heavy atom. The fourth-order valence-electron chi connectivity index (χ4n) is 3.40. The van der Waals surface area contributed by atoms with Crippen molar-refractivity contribution in [1.29, 1.82) is 0 Å². The number of carboxylic acid groups (broad SMARTS) is 1. The summed E-state index contributed by atoms with van der Waals surface area (Å²) in [4.78, 5) is 11.9. The number of phenolic OH excluding ortho intramolecular Hbond substituents is 1. The Morgan fingerprint density at radius 1 is 1.26 bits per heavy atom. The van der Waals surface area contributed by atoms with Crippen LogP contribution in [-0.4, -0.2) is 16.2 Å². The third-order valence-electron chi connectivity index (χ3n) is 4.27. The van der Waals surface area contributed by atoms with Crippen molar-refractivity contribution in [1.82, 2.24) is 0 Å². The summed E-state index contributed by atoms with van der Waals surface area (Å²) in [7, 11) is 0. The first-order valence-electron chi connectivity index (χ1n) is 6.62. The van der Waals surface area contributed by atoms with Crippen LogP contribution in [-0.2, 0) is 10.2 Å². The molecule has 4 heteroatoms. The fourth-order valence-corrected chi connectivity index (χ4v) is 3.71. The number of phenols is 1. The second-order valence-electron chi connectivity index (χ2n) is 5.47. The highest BCUT2D eigenvalue weighted by Crippen LogP contribution is 2.45. The van der Waals surface area contributed by atoms with Gasteiger partial charge in [-0.1, -0.05) is 19.3 Å². The van der Waals surface area contributed by atoms with Crippen LogP contribution in [0.3, 0.4) is 0 Å². The molecular weight excluding hydrogens is 308 g/mol. The summed E-state index contributed by atoms with van der Waals surface area (Å²) in [5, 5.41) is 19.6. The molecule has 3 nitrogen and oxygen atoms in total. The quantitative estimate of drug-likeness (QED) is 0.861. The lowest BCUT2D eigenvalue weighted by Crippen LogP contribution is -2.39. The molecule has 1 saturated carbocycles. The smallest absolute Gasteiger partial charge is 0.314 e. The predicted octanol–water partition coefficient (Wildman–Crippen LogP) is 4.06. The predicted molar refractivity (Wildman–Crippen MR) is 77.7 cm³/mol. The minimum absolute atomic E-state index is 0.176. The molecular formula is C15H19BrO3. The number of halogens is 1. The van der Waals surface area contributed by atoms with Crippen LogP contribution >= 0.6 is 15.9 Å². The Bertz CT molecular complexity index is 517. The van der Waals surface area contributed by atoms with Crippen LogP contribution in [0.5, 0.6) is 5.75 Å². The molecule has 19 heavy (non-hydrogen) atoms. The van der Waals surface area contributed by atoms with Crippen molar-refractivity contribution in [3.63, 3.8) is 0 Å². The van der Waals surface area contributed by atoms with Crippen LogP contribution in [0, 0.1) is 13.8 Å². The Labute approximate surface area is 121 Å². The zero-order chi connectivity index (χ0) is 14.2. The molecule has 1 fully saturated rings. The van der Waals surface area contributed by atoms with Gasteiger partial charge in [-0.25, -0.2) is 0 Å². The number of aryl methyl sites for hydroxylation is 1. The summed E-state index contributed by atoms with van der Waals surface area (Å²) in [6.07, 6.45) is 4.36. The highest BCUT2D eigenvalue weighted by Gasteiger charge is 2.43. The number of benzene rings is 1. The van der Waals surface area contributed by atoms with Crippen molar-refractivity contribution in [2.45, 2.75) is 51.4 Å². The minimum atomic E-state index is -0.789. The van der Waals surface area contributed by atoms with E-state index in [0.29, 0.717) is 17.3 Å². The number of hydrogen-bond acceptors (Lipinski definition) is 2. The molecule has 0 saturated heterocycles. The maximum atomic E-state index is 11.9. The largest absolute Gasteiger partial charge is 0.507 e. The highest BCUT2D eigenvalue weighted by molar-refractivity contribution is 9.10. The molecule has 1 aromatic rings. The molecule has 1 aromatic carbocycles. The maximum Gasteiger partial charge on any atom is 0.314 e. The number of aromatic hydroxyl groups is 1. The van der Waals surface area contributed by atoms with Crippen molar-refractivity contribution in [2.75, 3.05) is 0 Å². The van der Waals surface area contributed by atoms with E-state index in [4.69, 9.17) is 0 Å².